The predicted molar refractivity (Wildman–Crippen MR) is 57.5 cm³/mol. The molecule has 0 aliphatic heterocycles. The van der Waals surface area contributed by atoms with Crippen molar-refractivity contribution in [2.24, 2.45) is 5.92 Å². The molecule has 1 saturated carbocycles. The zero-order valence-corrected chi connectivity index (χ0v) is 8.74. The highest BCUT2D eigenvalue weighted by Gasteiger charge is 2.22. The molecule has 2 heteroatoms. The topological polar surface area (TPSA) is 26.3 Å². The molecular weight excluding hydrogens is 188 g/mol. The quantitative estimate of drug-likeness (QED) is 0.545. The molecule has 0 heterocycles. The second kappa shape index (κ2) is 4.96. The van der Waals surface area contributed by atoms with Crippen LogP contribution >= 0.6 is 0 Å². The fourth-order valence-corrected chi connectivity index (χ4v) is 1.98. The molecule has 1 aliphatic rings. The molecule has 15 heavy (non-hydrogen) atoms. The van der Waals surface area contributed by atoms with Crippen molar-refractivity contribution in [2.75, 3.05) is 0 Å². The van der Waals surface area contributed by atoms with E-state index in [9.17, 15) is 4.79 Å². The van der Waals surface area contributed by atoms with E-state index in [0.29, 0.717) is 5.75 Å². The van der Waals surface area contributed by atoms with Crippen LogP contribution in [0.2, 0.25) is 0 Å². The van der Waals surface area contributed by atoms with Crippen LogP contribution in [-0.4, -0.2) is 5.97 Å². The molecule has 0 atom stereocenters. The minimum absolute atomic E-state index is 0.0686. The number of hydrogen-bond donors (Lipinski definition) is 0. The van der Waals surface area contributed by atoms with Crippen molar-refractivity contribution in [3.63, 3.8) is 0 Å². The summed E-state index contributed by atoms with van der Waals surface area (Å²) in [5.74, 6) is 0.674. The lowest BCUT2D eigenvalue weighted by atomic mass is 9.89. The van der Waals surface area contributed by atoms with Crippen molar-refractivity contribution in [2.45, 2.75) is 32.1 Å². The van der Waals surface area contributed by atoms with Crippen LogP contribution < -0.4 is 4.74 Å². The minimum atomic E-state index is -0.0686. The van der Waals surface area contributed by atoms with E-state index in [-0.39, 0.29) is 11.9 Å². The summed E-state index contributed by atoms with van der Waals surface area (Å²) >= 11 is 0. The number of benzene rings is 1. The van der Waals surface area contributed by atoms with E-state index >= 15 is 0 Å². The molecule has 1 radical (unpaired) electrons. The molecule has 2 rings (SSSR count). The van der Waals surface area contributed by atoms with Gasteiger partial charge in [0.1, 0.15) is 5.75 Å². The standard InChI is InChI=1S/C13H15O2/c14-13(11-7-3-1-4-8-11)15-12-9-5-2-6-10-12/h5-6,9-11H,1,3-4,7-8H2. The van der Waals surface area contributed by atoms with Gasteiger partial charge in [-0.25, -0.2) is 0 Å². The van der Waals surface area contributed by atoms with Crippen LogP contribution in [0.4, 0.5) is 0 Å². The van der Waals surface area contributed by atoms with E-state index < -0.39 is 0 Å². The lowest BCUT2D eigenvalue weighted by Crippen LogP contribution is -2.22. The lowest BCUT2D eigenvalue weighted by Gasteiger charge is -2.19. The van der Waals surface area contributed by atoms with Gasteiger partial charge in [0, 0.05) is 0 Å². The van der Waals surface area contributed by atoms with Gasteiger partial charge in [-0.3, -0.25) is 4.79 Å². The molecule has 0 unspecified atom stereocenters. The highest BCUT2D eigenvalue weighted by Crippen LogP contribution is 2.25. The van der Waals surface area contributed by atoms with E-state index in [1.54, 1.807) is 24.3 Å². The van der Waals surface area contributed by atoms with Gasteiger partial charge in [0.15, 0.2) is 0 Å². The molecule has 0 amide bonds. The van der Waals surface area contributed by atoms with Crippen LogP contribution in [0.3, 0.4) is 0 Å². The summed E-state index contributed by atoms with van der Waals surface area (Å²) in [6.45, 7) is 0. The number of esters is 1. The zero-order chi connectivity index (χ0) is 10.5. The average Bonchev–Trinajstić information content (AvgIpc) is 2.31. The van der Waals surface area contributed by atoms with Gasteiger partial charge in [-0.2, -0.15) is 0 Å². The van der Waals surface area contributed by atoms with Gasteiger partial charge >= 0.3 is 5.97 Å². The van der Waals surface area contributed by atoms with E-state index in [1.807, 2.05) is 0 Å². The Labute approximate surface area is 90.3 Å². The second-order valence-electron chi connectivity index (χ2n) is 3.99. The Kier molecular flexibility index (Phi) is 3.38. The summed E-state index contributed by atoms with van der Waals surface area (Å²) in [4.78, 5) is 11.7. The Morgan fingerprint density at radius 1 is 1.20 bits per heavy atom. The summed E-state index contributed by atoms with van der Waals surface area (Å²) in [7, 11) is 0. The van der Waals surface area contributed by atoms with Crippen molar-refractivity contribution in [1.29, 1.82) is 0 Å². The molecule has 0 saturated heterocycles. The number of rotatable bonds is 2. The highest BCUT2D eigenvalue weighted by molar-refractivity contribution is 5.75. The fourth-order valence-electron chi connectivity index (χ4n) is 1.98. The third-order valence-corrected chi connectivity index (χ3v) is 2.84. The van der Waals surface area contributed by atoms with E-state index in [4.69, 9.17) is 4.74 Å². The van der Waals surface area contributed by atoms with Gasteiger partial charge in [0.05, 0.1) is 5.92 Å². The molecule has 0 N–H and O–H groups in total. The van der Waals surface area contributed by atoms with E-state index in [2.05, 4.69) is 6.07 Å². The molecule has 1 aliphatic carbocycles. The van der Waals surface area contributed by atoms with Gasteiger partial charge in [-0.1, -0.05) is 31.4 Å². The SMILES string of the molecule is O=C(Oc1cc[c]cc1)C1CCCCC1. The molecule has 0 aromatic heterocycles. The Hall–Kier alpha value is -1.31. The molecule has 0 spiro atoms. The van der Waals surface area contributed by atoms with Crippen molar-refractivity contribution >= 4 is 5.97 Å². The van der Waals surface area contributed by atoms with Crippen LogP contribution in [0.5, 0.6) is 5.75 Å². The number of carbonyl (C=O) groups excluding carboxylic acids is 1. The van der Waals surface area contributed by atoms with Crippen molar-refractivity contribution in [3.8, 4) is 5.75 Å². The highest BCUT2D eigenvalue weighted by atomic mass is 16.5. The Morgan fingerprint density at radius 3 is 2.53 bits per heavy atom. The van der Waals surface area contributed by atoms with Gasteiger partial charge in [0.25, 0.3) is 0 Å². The summed E-state index contributed by atoms with van der Waals surface area (Å²) in [5, 5.41) is 0. The van der Waals surface area contributed by atoms with Gasteiger partial charge < -0.3 is 4.74 Å². The lowest BCUT2D eigenvalue weighted by molar-refractivity contribution is -0.139. The van der Waals surface area contributed by atoms with Crippen LogP contribution in [0, 0.1) is 12.0 Å². The van der Waals surface area contributed by atoms with Crippen LogP contribution in [0.1, 0.15) is 32.1 Å². The molecule has 1 aromatic carbocycles. The summed E-state index contributed by atoms with van der Waals surface area (Å²) < 4.78 is 5.29. The maximum absolute atomic E-state index is 11.7. The normalized spacial score (nSPS) is 17.3. The predicted octanol–water partition coefficient (Wildman–Crippen LogP) is 2.97. The molecular formula is C13H15O2. The second-order valence-corrected chi connectivity index (χ2v) is 3.99. The van der Waals surface area contributed by atoms with Crippen LogP contribution in [0.15, 0.2) is 24.3 Å². The average molecular weight is 203 g/mol. The summed E-state index contributed by atoms with van der Waals surface area (Å²) in [5.41, 5.74) is 0. The van der Waals surface area contributed by atoms with Crippen molar-refractivity contribution in [1.82, 2.24) is 0 Å². The number of ether oxygens (including phenoxy) is 1. The maximum Gasteiger partial charge on any atom is 0.314 e. The fraction of sp³-hybridized carbons (Fsp3) is 0.462. The summed E-state index contributed by atoms with van der Waals surface area (Å²) in [6.07, 6.45) is 5.53. The first-order valence-electron chi connectivity index (χ1n) is 5.54. The molecule has 1 aromatic rings. The molecule has 79 valence electrons. The van der Waals surface area contributed by atoms with E-state index in [1.165, 1.54) is 6.42 Å². The van der Waals surface area contributed by atoms with Gasteiger partial charge in [-0.05, 0) is 31.0 Å². The largest absolute Gasteiger partial charge is 0.426 e. The van der Waals surface area contributed by atoms with Gasteiger partial charge in [-0.15, -0.1) is 0 Å². The molecule has 1 fully saturated rings. The van der Waals surface area contributed by atoms with Crippen molar-refractivity contribution < 1.29 is 9.53 Å². The van der Waals surface area contributed by atoms with E-state index in [0.717, 1.165) is 25.7 Å². The monoisotopic (exact) mass is 203 g/mol. The Morgan fingerprint density at radius 2 is 1.87 bits per heavy atom. The third-order valence-electron chi connectivity index (χ3n) is 2.84. The zero-order valence-electron chi connectivity index (χ0n) is 8.74. The smallest absolute Gasteiger partial charge is 0.314 e. The molecule has 2 nitrogen and oxygen atoms in total. The van der Waals surface area contributed by atoms with Gasteiger partial charge in [0.2, 0.25) is 0 Å². The maximum atomic E-state index is 11.7. The summed E-state index contributed by atoms with van der Waals surface area (Å²) in [6, 6.07) is 9.93. The first kappa shape index (κ1) is 10.2. The first-order chi connectivity index (χ1) is 7.36. The minimum Gasteiger partial charge on any atom is -0.426 e. The van der Waals surface area contributed by atoms with Crippen LogP contribution in [0.25, 0.3) is 0 Å². The Balaban J connectivity index is 1.91. The first-order valence-corrected chi connectivity index (χ1v) is 5.54. The number of hydrogen-bond acceptors (Lipinski definition) is 2. The number of carbonyl (C=O) groups is 1. The Bertz CT molecular complexity index is 313. The third kappa shape index (κ3) is 2.82. The molecule has 0 bridgehead atoms. The van der Waals surface area contributed by atoms with Crippen molar-refractivity contribution in [3.05, 3.63) is 30.3 Å². The van der Waals surface area contributed by atoms with Crippen LogP contribution in [-0.2, 0) is 4.79 Å².